The van der Waals surface area contributed by atoms with Gasteiger partial charge in [0.2, 0.25) is 0 Å². The molecule has 1 N–H and O–H groups in total. The van der Waals surface area contributed by atoms with Gasteiger partial charge in [-0.3, -0.25) is 4.98 Å². The number of nitrogens with zero attached hydrogens (tertiary/aromatic N) is 3. The Morgan fingerprint density at radius 1 is 1.36 bits per heavy atom. The topological polar surface area (TPSA) is 71.5 Å². The largest absolute Gasteiger partial charge is 0.346 e. The summed E-state index contributed by atoms with van der Waals surface area (Å²) in [5.74, 6) is 0. The number of rotatable bonds is 1. The van der Waals surface area contributed by atoms with Crippen LogP contribution in [0, 0.1) is 0 Å². The van der Waals surface area contributed by atoms with E-state index >= 15 is 0 Å². The molecule has 0 unspecified atom stereocenters. The number of aromatic nitrogens is 4. The molecule has 0 fully saturated rings. The number of hydrogen-bond acceptors (Lipinski definition) is 4. The lowest BCUT2D eigenvalue weighted by Crippen LogP contribution is -2.10. The molecule has 0 aliphatic rings. The molecular formula is C7H6Br2N4O. The lowest BCUT2D eigenvalue weighted by molar-refractivity contribution is 1.06. The highest BCUT2D eigenvalue weighted by Gasteiger charge is 1.99. The average molecular weight is 322 g/mol. The van der Waals surface area contributed by atoms with Crippen molar-refractivity contribution in [3.63, 3.8) is 0 Å². The molecule has 0 amide bonds. The van der Waals surface area contributed by atoms with Gasteiger partial charge in [-0.25, -0.2) is 14.8 Å². The van der Waals surface area contributed by atoms with E-state index in [2.05, 4.69) is 35.9 Å². The van der Waals surface area contributed by atoms with Crippen molar-refractivity contribution in [2.24, 2.45) is 0 Å². The molecule has 2 aromatic heterocycles. The normalized spacial score (nSPS) is 9.79. The van der Waals surface area contributed by atoms with Crippen LogP contribution in [0.15, 0.2) is 17.2 Å². The zero-order valence-electron chi connectivity index (χ0n) is 6.90. The molecule has 0 saturated carbocycles. The molecule has 0 saturated heterocycles. The molecule has 2 heterocycles. The Hall–Kier alpha value is -0.820. The van der Waals surface area contributed by atoms with E-state index in [0.717, 1.165) is 5.69 Å². The molecule has 0 aliphatic carbocycles. The fourth-order valence-electron chi connectivity index (χ4n) is 0.946. The maximum atomic E-state index is 10.8. The number of aromatic amines is 1. The van der Waals surface area contributed by atoms with Crippen molar-refractivity contribution in [2.75, 3.05) is 0 Å². The Morgan fingerprint density at radius 2 is 2.14 bits per heavy atom. The SMILES string of the molecule is Br.O=c1ncc2nc(CBr)cnc2[nH]1. The van der Waals surface area contributed by atoms with Gasteiger partial charge in [0.05, 0.1) is 18.1 Å². The van der Waals surface area contributed by atoms with Crippen LogP contribution in [0.2, 0.25) is 0 Å². The van der Waals surface area contributed by atoms with Crippen molar-refractivity contribution >= 4 is 44.1 Å². The molecular weight excluding hydrogens is 316 g/mol. The van der Waals surface area contributed by atoms with Crippen LogP contribution < -0.4 is 5.69 Å². The second-order valence-electron chi connectivity index (χ2n) is 2.42. The van der Waals surface area contributed by atoms with Gasteiger partial charge in [0.25, 0.3) is 0 Å². The lowest BCUT2D eigenvalue weighted by atomic mass is 10.4. The minimum absolute atomic E-state index is 0. The second kappa shape index (κ2) is 4.61. The molecule has 0 aromatic carbocycles. The standard InChI is InChI=1S/C7H5BrN4O.BrH/c8-1-4-2-9-6-5(11-4)3-10-7(13)12-6;/h2-3H,1H2,(H,9,10,12,13);1H. The average Bonchev–Trinajstić information content (AvgIpc) is 2.17. The summed E-state index contributed by atoms with van der Waals surface area (Å²) in [5.41, 5.74) is 1.45. The van der Waals surface area contributed by atoms with Crippen LogP contribution in [-0.2, 0) is 5.33 Å². The highest BCUT2D eigenvalue weighted by Crippen LogP contribution is 2.05. The summed E-state index contributed by atoms with van der Waals surface area (Å²) in [5, 5.41) is 0.634. The van der Waals surface area contributed by atoms with Gasteiger partial charge in [0.15, 0.2) is 5.65 Å². The summed E-state index contributed by atoms with van der Waals surface area (Å²) in [7, 11) is 0. The number of nitrogens with one attached hydrogen (secondary N) is 1. The predicted octanol–water partition coefficient (Wildman–Crippen LogP) is 1.19. The van der Waals surface area contributed by atoms with Crippen LogP contribution in [0.1, 0.15) is 5.69 Å². The molecule has 74 valence electrons. The van der Waals surface area contributed by atoms with Gasteiger partial charge in [0, 0.05) is 5.33 Å². The van der Waals surface area contributed by atoms with Gasteiger partial charge in [-0.1, -0.05) is 15.9 Å². The highest BCUT2D eigenvalue weighted by atomic mass is 79.9. The quantitative estimate of drug-likeness (QED) is 0.801. The molecule has 7 heteroatoms. The monoisotopic (exact) mass is 320 g/mol. The summed E-state index contributed by atoms with van der Waals surface area (Å²) in [6.45, 7) is 0. The van der Waals surface area contributed by atoms with Crippen molar-refractivity contribution in [2.45, 2.75) is 5.33 Å². The Balaban J connectivity index is 0.000000980. The maximum Gasteiger partial charge on any atom is 0.346 e. The molecule has 0 atom stereocenters. The second-order valence-corrected chi connectivity index (χ2v) is 2.98. The molecule has 5 nitrogen and oxygen atoms in total. The van der Waals surface area contributed by atoms with Gasteiger partial charge in [-0.15, -0.1) is 17.0 Å². The lowest BCUT2D eigenvalue weighted by Gasteiger charge is -1.96. The van der Waals surface area contributed by atoms with Crippen LogP contribution in [0.3, 0.4) is 0 Å². The van der Waals surface area contributed by atoms with E-state index in [4.69, 9.17) is 0 Å². The van der Waals surface area contributed by atoms with Crippen LogP contribution in [0.4, 0.5) is 0 Å². The van der Waals surface area contributed by atoms with E-state index in [0.29, 0.717) is 16.5 Å². The first-order valence-electron chi connectivity index (χ1n) is 3.56. The minimum Gasteiger partial charge on any atom is -0.289 e. The van der Waals surface area contributed by atoms with Crippen molar-refractivity contribution in [3.8, 4) is 0 Å². The summed E-state index contributed by atoms with van der Waals surface area (Å²) < 4.78 is 0. The highest BCUT2D eigenvalue weighted by molar-refractivity contribution is 9.08. The Kier molecular flexibility index (Phi) is 3.70. The van der Waals surface area contributed by atoms with E-state index in [-0.39, 0.29) is 17.0 Å². The first kappa shape index (κ1) is 11.3. The molecule has 14 heavy (non-hydrogen) atoms. The third-order valence-electron chi connectivity index (χ3n) is 1.52. The van der Waals surface area contributed by atoms with E-state index in [9.17, 15) is 4.79 Å². The van der Waals surface area contributed by atoms with Crippen molar-refractivity contribution in [3.05, 3.63) is 28.6 Å². The summed E-state index contributed by atoms with van der Waals surface area (Å²) >= 11 is 3.26. The molecule has 0 radical (unpaired) electrons. The van der Waals surface area contributed by atoms with Crippen molar-refractivity contribution < 1.29 is 0 Å². The van der Waals surface area contributed by atoms with Crippen molar-refractivity contribution in [1.29, 1.82) is 0 Å². The van der Waals surface area contributed by atoms with Gasteiger partial charge >= 0.3 is 5.69 Å². The Labute approximate surface area is 97.9 Å². The van der Waals surface area contributed by atoms with Crippen LogP contribution in [0.5, 0.6) is 0 Å². The minimum atomic E-state index is -0.409. The van der Waals surface area contributed by atoms with Crippen LogP contribution in [0.25, 0.3) is 11.2 Å². The zero-order chi connectivity index (χ0) is 9.26. The number of fused-ring (bicyclic) bond motifs is 1. The Morgan fingerprint density at radius 3 is 2.86 bits per heavy atom. The number of hydrogen-bond donors (Lipinski definition) is 1. The molecule has 2 aromatic rings. The van der Waals surface area contributed by atoms with E-state index in [1.807, 2.05) is 0 Å². The first-order valence-corrected chi connectivity index (χ1v) is 4.68. The summed E-state index contributed by atoms with van der Waals surface area (Å²) in [4.78, 5) is 25.1. The van der Waals surface area contributed by atoms with E-state index in [1.165, 1.54) is 6.20 Å². The maximum absolute atomic E-state index is 10.8. The van der Waals surface area contributed by atoms with Crippen molar-refractivity contribution in [1.82, 2.24) is 19.9 Å². The Bertz CT molecular complexity index is 498. The molecule has 0 spiro atoms. The van der Waals surface area contributed by atoms with Crippen LogP contribution >= 0.6 is 32.9 Å². The molecule has 2 rings (SSSR count). The predicted molar refractivity (Wildman–Crippen MR) is 60.9 cm³/mol. The van der Waals surface area contributed by atoms with Gasteiger partial charge in [0.1, 0.15) is 5.52 Å². The first-order chi connectivity index (χ1) is 6.29. The number of halogens is 2. The number of H-pyrrole nitrogens is 1. The third-order valence-corrected chi connectivity index (χ3v) is 2.09. The number of alkyl halides is 1. The van der Waals surface area contributed by atoms with Gasteiger partial charge in [-0.05, 0) is 0 Å². The molecule has 0 aliphatic heterocycles. The van der Waals surface area contributed by atoms with E-state index < -0.39 is 5.69 Å². The summed E-state index contributed by atoms with van der Waals surface area (Å²) in [6, 6.07) is 0. The third kappa shape index (κ3) is 2.16. The van der Waals surface area contributed by atoms with Gasteiger partial charge < -0.3 is 0 Å². The fraction of sp³-hybridized carbons (Fsp3) is 0.143. The summed E-state index contributed by atoms with van der Waals surface area (Å²) in [6.07, 6.45) is 3.01. The van der Waals surface area contributed by atoms with E-state index in [1.54, 1.807) is 6.20 Å². The van der Waals surface area contributed by atoms with Gasteiger partial charge in [-0.2, -0.15) is 4.98 Å². The van der Waals surface area contributed by atoms with Crippen LogP contribution in [-0.4, -0.2) is 19.9 Å². The smallest absolute Gasteiger partial charge is 0.289 e. The fourth-order valence-corrected chi connectivity index (χ4v) is 1.22. The zero-order valence-corrected chi connectivity index (χ0v) is 10.2. The molecule has 0 bridgehead atoms.